The molecule has 18 heavy (non-hydrogen) atoms. The highest BCUT2D eigenvalue weighted by molar-refractivity contribution is 5.80. The zero-order valence-electron chi connectivity index (χ0n) is 10.6. The quantitative estimate of drug-likeness (QED) is 0.757. The van der Waals surface area contributed by atoms with Gasteiger partial charge in [-0.3, -0.25) is 14.6 Å². The van der Waals surface area contributed by atoms with E-state index in [1.54, 1.807) is 26.2 Å². The Morgan fingerprint density at radius 3 is 2.67 bits per heavy atom. The van der Waals surface area contributed by atoms with Crippen LogP contribution in [-0.4, -0.2) is 42.3 Å². The predicted octanol–water partition coefficient (Wildman–Crippen LogP) is -0.199. The first-order chi connectivity index (χ1) is 8.49. The van der Waals surface area contributed by atoms with Crippen molar-refractivity contribution in [2.24, 2.45) is 0 Å². The fraction of sp³-hybridized carbons (Fsp3) is 0.417. The lowest BCUT2D eigenvalue weighted by Gasteiger charge is -2.10. The van der Waals surface area contributed by atoms with Crippen LogP contribution in [0.25, 0.3) is 0 Å². The Balaban J connectivity index is 2.30. The second kappa shape index (κ2) is 6.58. The summed E-state index contributed by atoms with van der Waals surface area (Å²) in [6.45, 7) is 0.338. The third kappa shape index (κ3) is 4.82. The summed E-state index contributed by atoms with van der Waals surface area (Å²) in [4.78, 5) is 28.3. The number of rotatable bonds is 5. The van der Waals surface area contributed by atoms with Crippen molar-refractivity contribution in [3.63, 3.8) is 0 Å². The van der Waals surface area contributed by atoms with Gasteiger partial charge in [0.2, 0.25) is 11.8 Å². The summed E-state index contributed by atoms with van der Waals surface area (Å²) in [6, 6.07) is 3.41. The molecule has 1 aromatic rings. The van der Waals surface area contributed by atoms with Crippen LogP contribution in [0.1, 0.15) is 12.1 Å². The van der Waals surface area contributed by atoms with E-state index >= 15 is 0 Å². The van der Waals surface area contributed by atoms with Crippen LogP contribution in [0.15, 0.2) is 18.3 Å². The molecule has 1 heterocycles. The molecule has 0 saturated heterocycles. The van der Waals surface area contributed by atoms with E-state index < -0.39 is 0 Å². The van der Waals surface area contributed by atoms with Gasteiger partial charge in [0.25, 0.3) is 0 Å². The molecule has 0 bridgehead atoms. The minimum Gasteiger partial charge on any atom is -0.397 e. The number of carbonyl (C=O) groups is 2. The van der Waals surface area contributed by atoms with Crippen LogP contribution in [0.5, 0.6) is 0 Å². The van der Waals surface area contributed by atoms with Gasteiger partial charge in [0.15, 0.2) is 0 Å². The molecule has 0 radical (unpaired) electrons. The van der Waals surface area contributed by atoms with Crippen molar-refractivity contribution in [1.82, 2.24) is 15.2 Å². The first-order valence-electron chi connectivity index (χ1n) is 5.66. The fourth-order valence-electron chi connectivity index (χ4n) is 1.30. The lowest BCUT2D eigenvalue weighted by atomic mass is 10.2. The maximum absolute atomic E-state index is 11.5. The molecule has 6 heteroatoms. The zero-order valence-corrected chi connectivity index (χ0v) is 10.6. The number of aromatic nitrogens is 1. The largest absolute Gasteiger partial charge is 0.397 e. The van der Waals surface area contributed by atoms with Crippen LogP contribution >= 0.6 is 0 Å². The van der Waals surface area contributed by atoms with Gasteiger partial charge in [-0.05, 0) is 12.1 Å². The lowest BCUT2D eigenvalue weighted by Crippen LogP contribution is -2.31. The molecule has 0 saturated carbocycles. The van der Waals surface area contributed by atoms with E-state index in [2.05, 4.69) is 10.3 Å². The molecule has 6 nitrogen and oxygen atoms in total. The van der Waals surface area contributed by atoms with Gasteiger partial charge in [0.05, 0.1) is 18.3 Å². The van der Waals surface area contributed by atoms with Gasteiger partial charge < -0.3 is 16.0 Å². The van der Waals surface area contributed by atoms with E-state index in [0.717, 1.165) is 0 Å². The van der Waals surface area contributed by atoms with E-state index in [0.29, 0.717) is 24.3 Å². The normalized spacial score (nSPS) is 9.89. The Morgan fingerprint density at radius 2 is 2.11 bits per heavy atom. The van der Waals surface area contributed by atoms with E-state index in [-0.39, 0.29) is 18.2 Å². The number of hydrogen-bond donors (Lipinski definition) is 2. The number of hydrogen-bond acceptors (Lipinski definition) is 4. The van der Waals surface area contributed by atoms with Gasteiger partial charge in [0, 0.05) is 32.8 Å². The maximum Gasteiger partial charge on any atom is 0.226 e. The van der Waals surface area contributed by atoms with E-state index in [1.807, 2.05) is 0 Å². The van der Waals surface area contributed by atoms with Gasteiger partial charge in [-0.2, -0.15) is 0 Å². The summed E-state index contributed by atoms with van der Waals surface area (Å²) in [5.74, 6) is -0.167. The van der Waals surface area contributed by atoms with Crippen LogP contribution in [0, 0.1) is 0 Å². The third-order valence-corrected chi connectivity index (χ3v) is 2.35. The molecule has 0 spiro atoms. The molecule has 0 aliphatic rings. The number of nitrogens with two attached hydrogens (primary N) is 1. The molecule has 0 unspecified atom stereocenters. The first kappa shape index (κ1) is 14.0. The van der Waals surface area contributed by atoms with Crippen molar-refractivity contribution in [1.29, 1.82) is 0 Å². The summed E-state index contributed by atoms with van der Waals surface area (Å²) in [5, 5.41) is 2.67. The molecular formula is C12H18N4O2. The van der Waals surface area contributed by atoms with E-state index in [9.17, 15) is 9.59 Å². The summed E-state index contributed by atoms with van der Waals surface area (Å²) in [6.07, 6.45) is 2.00. The molecule has 1 rings (SSSR count). The highest BCUT2D eigenvalue weighted by atomic mass is 16.2. The van der Waals surface area contributed by atoms with Gasteiger partial charge in [-0.1, -0.05) is 0 Å². The Labute approximate surface area is 106 Å². The number of carbonyl (C=O) groups excluding carboxylic acids is 2. The number of nitrogen functional groups attached to an aromatic ring is 1. The molecule has 0 fully saturated rings. The number of nitrogens with zero attached hydrogens (tertiary/aromatic N) is 2. The Morgan fingerprint density at radius 1 is 1.39 bits per heavy atom. The van der Waals surface area contributed by atoms with Crippen molar-refractivity contribution >= 4 is 17.5 Å². The average Bonchev–Trinajstić information content (AvgIpc) is 2.32. The third-order valence-electron chi connectivity index (χ3n) is 2.35. The second-order valence-electron chi connectivity index (χ2n) is 4.15. The Hall–Kier alpha value is -2.11. The highest BCUT2D eigenvalue weighted by Crippen LogP contribution is 2.01. The molecule has 3 N–H and O–H groups in total. The Bertz CT molecular complexity index is 415. The topological polar surface area (TPSA) is 88.3 Å². The average molecular weight is 250 g/mol. The van der Waals surface area contributed by atoms with Crippen molar-refractivity contribution in [3.05, 3.63) is 24.0 Å². The Kier molecular flexibility index (Phi) is 5.10. The predicted molar refractivity (Wildman–Crippen MR) is 68.7 cm³/mol. The van der Waals surface area contributed by atoms with Crippen molar-refractivity contribution in [3.8, 4) is 0 Å². The SMILES string of the molecule is CN(C)C(=O)CCNC(=O)Cc1ccc(N)cn1. The van der Waals surface area contributed by atoms with Gasteiger partial charge in [-0.15, -0.1) is 0 Å². The molecule has 0 aromatic carbocycles. The number of pyridine rings is 1. The summed E-state index contributed by atoms with van der Waals surface area (Å²) in [7, 11) is 3.37. The number of nitrogens with one attached hydrogen (secondary N) is 1. The van der Waals surface area contributed by atoms with Crippen LogP contribution < -0.4 is 11.1 Å². The summed E-state index contributed by atoms with van der Waals surface area (Å²) < 4.78 is 0. The van der Waals surface area contributed by atoms with E-state index in [1.165, 1.54) is 11.1 Å². The number of anilines is 1. The molecule has 1 aromatic heterocycles. The zero-order chi connectivity index (χ0) is 13.5. The van der Waals surface area contributed by atoms with Gasteiger partial charge in [0.1, 0.15) is 0 Å². The highest BCUT2D eigenvalue weighted by Gasteiger charge is 2.07. The monoisotopic (exact) mass is 250 g/mol. The molecule has 98 valence electrons. The van der Waals surface area contributed by atoms with Crippen LogP contribution in [0.4, 0.5) is 5.69 Å². The van der Waals surface area contributed by atoms with Crippen LogP contribution in [0.2, 0.25) is 0 Å². The molecular weight excluding hydrogens is 232 g/mol. The minimum atomic E-state index is -0.154. The summed E-state index contributed by atoms with van der Waals surface area (Å²) >= 11 is 0. The smallest absolute Gasteiger partial charge is 0.226 e. The van der Waals surface area contributed by atoms with Crippen molar-refractivity contribution < 1.29 is 9.59 Å². The van der Waals surface area contributed by atoms with Crippen molar-refractivity contribution in [2.45, 2.75) is 12.8 Å². The van der Waals surface area contributed by atoms with Crippen LogP contribution in [-0.2, 0) is 16.0 Å². The first-order valence-corrected chi connectivity index (χ1v) is 5.66. The van der Waals surface area contributed by atoms with Crippen molar-refractivity contribution in [2.75, 3.05) is 26.4 Å². The summed E-state index contributed by atoms with van der Waals surface area (Å²) in [5.41, 5.74) is 6.71. The fourth-order valence-corrected chi connectivity index (χ4v) is 1.30. The molecule has 0 aliphatic carbocycles. The van der Waals surface area contributed by atoms with Gasteiger partial charge >= 0.3 is 0 Å². The number of amides is 2. The molecule has 0 atom stereocenters. The second-order valence-corrected chi connectivity index (χ2v) is 4.15. The van der Waals surface area contributed by atoms with Gasteiger partial charge in [-0.25, -0.2) is 0 Å². The molecule has 0 aliphatic heterocycles. The van der Waals surface area contributed by atoms with E-state index in [4.69, 9.17) is 5.73 Å². The maximum atomic E-state index is 11.5. The lowest BCUT2D eigenvalue weighted by molar-refractivity contribution is -0.128. The van der Waals surface area contributed by atoms with Crippen LogP contribution in [0.3, 0.4) is 0 Å². The minimum absolute atomic E-state index is 0.0130. The standard InChI is InChI=1S/C12H18N4O2/c1-16(2)12(18)5-6-14-11(17)7-10-4-3-9(13)8-15-10/h3-4,8H,5-7,13H2,1-2H3,(H,14,17). The molecule has 2 amide bonds.